The second-order valence-electron chi connectivity index (χ2n) is 2.54. The van der Waals surface area contributed by atoms with Crippen LogP contribution >= 0.6 is 0 Å². The number of ether oxygens (including phenoxy) is 2. The first-order chi connectivity index (χ1) is 6.10. The van der Waals surface area contributed by atoms with Crippen molar-refractivity contribution in [3.8, 4) is 0 Å². The Kier molecular flexibility index (Phi) is 6.18. The van der Waals surface area contributed by atoms with Gasteiger partial charge in [0.15, 0.2) is 0 Å². The third-order valence-electron chi connectivity index (χ3n) is 1.17. The molecule has 1 N–H and O–H groups in total. The lowest BCUT2D eigenvalue weighted by Gasteiger charge is -2.16. The quantitative estimate of drug-likeness (QED) is 0.377. The molecule has 0 aromatic heterocycles. The Morgan fingerprint density at radius 3 is 2.69 bits per heavy atom. The van der Waals surface area contributed by atoms with Gasteiger partial charge in [-0.3, -0.25) is 0 Å². The molecule has 0 aliphatic heterocycles. The van der Waals surface area contributed by atoms with Crippen LogP contribution in [0, 0.1) is 6.92 Å². The standard InChI is InChI=1S/C9H15O4/c1-4-8(11)13-9(5-2)12-6-7(3)10/h4,7,9-10H,1-2,5-6H2,3H3. The van der Waals surface area contributed by atoms with Gasteiger partial charge >= 0.3 is 5.97 Å². The third-order valence-corrected chi connectivity index (χ3v) is 1.17. The molecule has 0 aliphatic carbocycles. The van der Waals surface area contributed by atoms with Crippen molar-refractivity contribution in [1.29, 1.82) is 0 Å². The number of rotatable bonds is 6. The van der Waals surface area contributed by atoms with Crippen molar-refractivity contribution in [2.45, 2.75) is 25.7 Å². The minimum atomic E-state index is -0.708. The van der Waals surface area contributed by atoms with E-state index in [-0.39, 0.29) is 6.61 Å². The van der Waals surface area contributed by atoms with Crippen LogP contribution < -0.4 is 0 Å². The average Bonchev–Trinajstić information content (AvgIpc) is 2.11. The summed E-state index contributed by atoms with van der Waals surface area (Å²) < 4.78 is 9.77. The van der Waals surface area contributed by atoms with Gasteiger partial charge in [-0.2, -0.15) is 0 Å². The van der Waals surface area contributed by atoms with E-state index in [1.54, 1.807) is 6.92 Å². The lowest BCUT2D eigenvalue weighted by Crippen LogP contribution is -2.23. The lowest BCUT2D eigenvalue weighted by molar-refractivity contribution is -0.177. The second kappa shape index (κ2) is 6.62. The van der Waals surface area contributed by atoms with Crippen molar-refractivity contribution in [2.75, 3.05) is 6.61 Å². The van der Waals surface area contributed by atoms with Gasteiger partial charge in [0.2, 0.25) is 6.29 Å². The number of hydrogen-bond donors (Lipinski definition) is 1. The molecule has 13 heavy (non-hydrogen) atoms. The molecule has 0 saturated heterocycles. The Morgan fingerprint density at radius 1 is 1.69 bits per heavy atom. The maximum Gasteiger partial charge on any atom is 0.332 e. The topological polar surface area (TPSA) is 55.8 Å². The second-order valence-corrected chi connectivity index (χ2v) is 2.54. The predicted octanol–water partition coefficient (Wildman–Crippen LogP) is 0.663. The third kappa shape index (κ3) is 6.31. The monoisotopic (exact) mass is 187 g/mol. The van der Waals surface area contributed by atoms with Crippen LogP contribution in [-0.4, -0.2) is 30.1 Å². The number of carbonyl (C=O) groups excluding carboxylic acids is 1. The van der Waals surface area contributed by atoms with E-state index in [2.05, 4.69) is 13.5 Å². The van der Waals surface area contributed by atoms with Crippen LogP contribution in [0.3, 0.4) is 0 Å². The van der Waals surface area contributed by atoms with Gasteiger partial charge < -0.3 is 14.6 Å². The van der Waals surface area contributed by atoms with E-state index in [1.807, 2.05) is 0 Å². The highest BCUT2D eigenvalue weighted by Crippen LogP contribution is 2.01. The van der Waals surface area contributed by atoms with E-state index in [0.29, 0.717) is 6.42 Å². The zero-order valence-corrected chi connectivity index (χ0v) is 7.73. The van der Waals surface area contributed by atoms with Crippen molar-refractivity contribution >= 4 is 5.97 Å². The van der Waals surface area contributed by atoms with E-state index >= 15 is 0 Å². The Balaban J connectivity index is 3.75. The average molecular weight is 187 g/mol. The lowest BCUT2D eigenvalue weighted by atomic mass is 10.4. The molecular weight excluding hydrogens is 172 g/mol. The van der Waals surface area contributed by atoms with E-state index in [9.17, 15) is 4.79 Å². The summed E-state index contributed by atoms with van der Waals surface area (Å²) in [5.41, 5.74) is 0. The zero-order chi connectivity index (χ0) is 10.3. The summed E-state index contributed by atoms with van der Waals surface area (Å²) in [5, 5.41) is 8.88. The SMILES string of the molecule is [CH2]CC(OCC(C)O)OC(=O)C=C. The maximum absolute atomic E-state index is 10.7. The number of hydrogen-bond acceptors (Lipinski definition) is 4. The minimum Gasteiger partial charge on any atom is -0.433 e. The van der Waals surface area contributed by atoms with Crippen LogP contribution in [0.5, 0.6) is 0 Å². The molecule has 0 heterocycles. The van der Waals surface area contributed by atoms with Gasteiger partial charge in [-0.1, -0.05) is 6.58 Å². The summed E-state index contributed by atoms with van der Waals surface area (Å²) in [7, 11) is 0. The van der Waals surface area contributed by atoms with E-state index < -0.39 is 18.4 Å². The normalized spacial score (nSPS) is 14.7. The van der Waals surface area contributed by atoms with Gasteiger partial charge in [-0.05, 0) is 13.8 Å². The number of esters is 1. The van der Waals surface area contributed by atoms with Gasteiger partial charge in [0.05, 0.1) is 12.7 Å². The smallest absolute Gasteiger partial charge is 0.332 e. The Morgan fingerprint density at radius 2 is 2.31 bits per heavy atom. The molecular formula is C9H15O4. The molecule has 2 unspecified atom stereocenters. The molecule has 75 valence electrons. The molecule has 1 radical (unpaired) electrons. The van der Waals surface area contributed by atoms with Crippen LogP contribution in [-0.2, 0) is 14.3 Å². The first kappa shape index (κ1) is 12.1. The first-order valence-corrected chi connectivity index (χ1v) is 4.02. The van der Waals surface area contributed by atoms with Gasteiger partial charge in [0.25, 0.3) is 0 Å². The van der Waals surface area contributed by atoms with Crippen LogP contribution in [0.1, 0.15) is 13.3 Å². The van der Waals surface area contributed by atoms with Gasteiger partial charge in [0.1, 0.15) is 0 Å². The fourth-order valence-corrected chi connectivity index (χ4v) is 0.601. The van der Waals surface area contributed by atoms with Crippen LogP contribution in [0.2, 0.25) is 0 Å². The van der Waals surface area contributed by atoms with Crippen LogP contribution in [0.4, 0.5) is 0 Å². The molecule has 0 aromatic carbocycles. The summed E-state index contributed by atoms with van der Waals surface area (Å²) in [4.78, 5) is 10.7. The molecule has 2 atom stereocenters. The minimum absolute atomic E-state index is 0.116. The Labute approximate surface area is 78.2 Å². The van der Waals surface area contributed by atoms with E-state index in [0.717, 1.165) is 6.08 Å². The number of aliphatic hydroxyl groups is 1. The molecule has 4 nitrogen and oxygen atoms in total. The van der Waals surface area contributed by atoms with Crippen molar-refractivity contribution in [1.82, 2.24) is 0 Å². The highest BCUT2D eigenvalue weighted by molar-refractivity contribution is 5.81. The van der Waals surface area contributed by atoms with E-state index in [1.165, 1.54) is 0 Å². The van der Waals surface area contributed by atoms with Crippen LogP contribution in [0.25, 0.3) is 0 Å². The highest BCUT2D eigenvalue weighted by atomic mass is 16.7. The van der Waals surface area contributed by atoms with Crippen molar-refractivity contribution in [2.24, 2.45) is 0 Å². The fourth-order valence-electron chi connectivity index (χ4n) is 0.601. The number of carbonyl (C=O) groups is 1. The molecule has 0 saturated carbocycles. The van der Waals surface area contributed by atoms with Crippen LogP contribution in [0.15, 0.2) is 12.7 Å². The first-order valence-electron chi connectivity index (χ1n) is 4.02. The molecule has 0 rings (SSSR count). The van der Waals surface area contributed by atoms with Crippen molar-refractivity contribution in [3.63, 3.8) is 0 Å². The molecule has 0 aliphatic rings. The summed E-state index contributed by atoms with van der Waals surface area (Å²) in [5.74, 6) is -0.556. The Bertz CT molecular complexity index is 165. The summed E-state index contributed by atoms with van der Waals surface area (Å²) in [6, 6.07) is 0. The summed E-state index contributed by atoms with van der Waals surface area (Å²) >= 11 is 0. The molecule has 0 bridgehead atoms. The van der Waals surface area contributed by atoms with E-state index in [4.69, 9.17) is 14.6 Å². The van der Waals surface area contributed by atoms with Crippen molar-refractivity contribution < 1.29 is 19.4 Å². The molecule has 0 fully saturated rings. The molecule has 4 heteroatoms. The molecule has 0 spiro atoms. The molecule has 0 aromatic rings. The molecule has 0 amide bonds. The highest BCUT2D eigenvalue weighted by Gasteiger charge is 2.11. The number of aliphatic hydroxyl groups excluding tert-OH is 1. The Hall–Kier alpha value is -0.870. The van der Waals surface area contributed by atoms with Gasteiger partial charge in [-0.15, -0.1) is 0 Å². The largest absolute Gasteiger partial charge is 0.433 e. The maximum atomic E-state index is 10.7. The van der Waals surface area contributed by atoms with Gasteiger partial charge in [0, 0.05) is 12.5 Å². The van der Waals surface area contributed by atoms with Gasteiger partial charge in [-0.25, -0.2) is 4.79 Å². The predicted molar refractivity (Wildman–Crippen MR) is 47.7 cm³/mol. The zero-order valence-electron chi connectivity index (χ0n) is 7.73. The summed E-state index contributed by atoms with van der Waals surface area (Å²) in [6.07, 6.45) is 0.0531. The fraction of sp³-hybridized carbons (Fsp3) is 0.556. The summed E-state index contributed by atoms with van der Waals surface area (Å²) in [6.45, 7) is 8.47. The van der Waals surface area contributed by atoms with Crippen molar-refractivity contribution in [3.05, 3.63) is 19.6 Å².